The van der Waals surface area contributed by atoms with Crippen LogP contribution in [0, 0.1) is 0 Å². The van der Waals surface area contributed by atoms with Crippen molar-refractivity contribution in [3.8, 4) is 11.4 Å². The molecule has 0 radical (unpaired) electrons. The van der Waals surface area contributed by atoms with Crippen LogP contribution in [0.15, 0.2) is 30.6 Å². The Hall–Kier alpha value is -1.97. The van der Waals surface area contributed by atoms with Crippen molar-refractivity contribution in [3.63, 3.8) is 0 Å². The standard InChI is InChI=1S/C9H8N2O2/c12-9(13)6-4-8(11-5-6)7-2-1-3-10-7/h1-5,10-11H,(H,12,13). The Bertz CT molecular complexity index is 415. The molecule has 0 saturated heterocycles. The molecular formula is C9H8N2O2. The van der Waals surface area contributed by atoms with E-state index in [2.05, 4.69) is 9.97 Å². The third kappa shape index (κ3) is 1.33. The van der Waals surface area contributed by atoms with Crippen molar-refractivity contribution in [1.82, 2.24) is 9.97 Å². The minimum Gasteiger partial charge on any atom is -0.478 e. The van der Waals surface area contributed by atoms with E-state index < -0.39 is 5.97 Å². The van der Waals surface area contributed by atoms with Crippen LogP contribution in [-0.4, -0.2) is 21.0 Å². The molecule has 2 heterocycles. The van der Waals surface area contributed by atoms with E-state index in [1.807, 2.05) is 12.1 Å². The van der Waals surface area contributed by atoms with Crippen LogP contribution >= 0.6 is 0 Å². The van der Waals surface area contributed by atoms with E-state index in [9.17, 15) is 4.79 Å². The van der Waals surface area contributed by atoms with Crippen molar-refractivity contribution in [2.24, 2.45) is 0 Å². The Balaban J connectivity index is 2.39. The summed E-state index contributed by atoms with van der Waals surface area (Å²) in [6, 6.07) is 5.32. The Kier molecular flexibility index (Phi) is 1.66. The first-order valence-corrected chi connectivity index (χ1v) is 3.83. The zero-order valence-corrected chi connectivity index (χ0v) is 6.74. The topological polar surface area (TPSA) is 68.9 Å². The number of hydrogen-bond acceptors (Lipinski definition) is 1. The molecule has 0 unspecified atom stereocenters. The van der Waals surface area contributed by atoms with Gasteiger partial charge in [0.05, 0.1) is 17.0 Å². The van der Waals surface area contributed by atoms with Gasteiger partial charge in [0.15, 0.2) is 0 Å². The second-order valence-corrected chi connectivity index (χ2v) is 2.69. The molecule has 0 fully saturated rings. The fourth-order valence-electron chi connectivity index (χ4n) is 1.17. The predicted octanol–water partition coefficient (Wildman–Crippen LogP) is 1.71. The summed E-state index contributed by atoms with van der Waals surface area (Å²) in [5.74, 6) is -0.922. The molecular weight excluding hydrogens is 168 g/mol. The lowest BCUT2D eigenvalue weighted by molar-refractivity contribution is 0.0697. The summed E-state index contributed by atoms with van der Waals surface area (Å²) >= 11 is 0. The normalized spacial score (nSPS) is 10.2. The number of aromatic nitrogens is 2. The molecule has 0 atom stereocenters. The maximum Gasteiger partial charge on any atom is 0.337 e. The predicted molar refractivity (Wildman–Crippen MR) is 47.5 cm³/mol. The third-order valence-electron chi connectivity index (χ3n) is 1.82. The maximum atomic E-state index is 10.6. The van der Waals surface area contributed by atoms with E-state index in [1.54, 1.807) is 12.3 Å². The van der Waals surface area contributed by atoms with Gasteiger partial charge in [-0.3, -0.25) is 0 Å². The lowest BCUT2D eigenvalue weighted by Gasteiger charge is -1.89. The highest BCUT2D eigenvalue weighted by atomic mass is 16.4. The smallest absolute Gasteiger partial charge is 0.337 e. The van der Waals surface area contributed by atoms with Crippen molar-refractivity contribution in [2.75, 3.05) is 0 Å². The summed E-state index contributed by atoms with van der Waals surface area (Å²) in [6.07, 6.45) is 3.26. The number of aromatic amines is 2. The van der Waals surface area contributed by atoms with Crippen LogP contribution in [0.1, 0.15) is 10.4 Å². The minimum absolute atomic E-state index is 0.268. The van der Waals surface area contributed by atoms with E-state index >= 15 is 0 Å². The molecule has 0 aliphatic heterocycles. The van der Waals surface area contributed by atoms with Crippen LogP contribution in [0.5, 0.6) is 0 Å². The lowest BCUT2D eigenvalue weighted by Crippen LogP contribution is -1.91. The summed E-state index contributed by atoms with van der Waals surface area (Å²) in [6.45, 7) is 0. The van der Waals surface area contributed by atoms with Gasteiger partial charge in [0.1, 0.15) is 0 Å². The van der Waals surface area contributed by atoms with Crippen molar-refractivity contribution in [3.05, 3.63) is 36.2 Å². The van der Waals surface area contributed by atoms with Gasteiger partial charge >= 0.3 is 5.97 Å². The fraction of sp³-hybridized carbons (Fsp3) is 0. The van der Waals surface area contributed by atoms with Gasteiger partial charge in [-0.1, -0.05) is 0 Å². The molecule has 0 saturated carbocycles. The summed E-state index contributed by atoms with van der Waals surface area (Å²) in [4.78, 5) is 16.4. The zero-order valence-electron chi connectivity index (χ0n) is 6.74. The highest BCUT2D eigenvalue weighted by molar-refractivity contribution is 5.88. The number of aromatic carboxylic acids is 1. The summed E-state index contributed by atoms with van der Waals surface area (Å²) in [5.41, 5.74) is 1.93. The summed E-state index contributed by atoms with van der Waals surface area (Å²) in [5, 5.41) is 8.67. The van der Waals surface area contributed by atoms with Gasteiger partial charge in [-0.25, -0.2) is 4.79 Å². The Morgan fingerprint density at radius 2 is 2.15 bits per heavy atom. The van der Waals surface area contributed by atoms with Crippen molar-refractivity contribution < 1.29 is 9.90 Å². The highest BCUT2D eigenvalue weighted by Crippen LogP contribution is 2.16. The second kappa shape index (κ2) is 2.82. The number of hydrogen-bond donors (Lipinski definition) is 3. The molecule has 2 aromatic rings. The van der Waals surface area contributed by atoms with E-state index in [-0.39, 0.29) is 5.56 Å². The van der Waals surface area contributed by atoms with Gasteiger partial charge in [-0.15, -0.1) is 0 Å². The Labute approximate surface area is 74.2 Å². The first-order valence-electron chi connectivity index (χ1n) is 3.83. The number of nitrogens with one attached hydrogen (secondary N) is 2. The highest BCUT2D eigenvalue weighted by Gasteiger charge is 2.06. The molecule has 4 heteroatoms. The molecule has 0 spiro atoms. The van der Waals surface area contributed by atoms with E-state index in [4.69, 9.17) is 5.11 Å². The van der Waals surface area contributed by atoms with Crippen LogP contribution < -0.4 is 0 Å². The number of carboxylic acids is 1. The monoisotopic (exact) mass is 176 g/mol. The number of H-pyrrole nitrogens is 2. The van der Waals surface area contributed by atoms with Crippen LogP contribution in [0.25, 0.3) is 11.4 Å². The molecule has 2 rings (SSSR count). The summed E-state index contributed by atoms with van der Waals surface area (Å²) < 4.78 is 0. The number of carboxylic acid groups (broad SMARTS) is 1. The zero-order chi connectivity index (χ0) is 9.26. The summed E-state index contributed by atoms with van der Waals surface area (Å²) in [7, 11) is 0. The molecule has 0 aromatic carbocycles. The first kappa shape index (κ1) is 7.67. The SMILES string of the molecule is O=C(O)c1c[nH]c(-c2ccc[nH]2)c1. The molecule has 0 bridgehead atoms. The van der Waals surface area contributed by atoms with Crippen LogP contribution in [0.3, 0.4) is 0 Å². The quantitative estimate of drug-likeness (QED) is 0.651. The van der Waals surface area contributed by atoms with Crippen LogP contribution in [-0.2, 0) is 0 Å². The second-order valence-electron chi connectivity index (χ2n) is 2.69. The molecule has 4 nitrogen and oxygen atoms in total. The Morgan fingerprint density at radius 1 is 1.31 bits per heavy atom. The average Bonchev–Trinajstić information content (AvgIpc) is 2.75. The van der Waals surface area contributed by atoms with E-state index in [1.165, 1.54) is 6.20 Å². The molecule has 0 aliphatic rings. The Morgan fingerprint density at radius 3 is 2.69 bits per heavy atom. The minimum atomic E-state index is -0.922. The van der Waals surface area contributed by atoms with E-state index in [0.29, 0.717) is 0 Å². The van der Waals surface area contributed by atoms with Crippen molar-refractivity contribution in [2.45, 2.75) is 0 Å². The van der Waals surface area contributed by atoms with Crippen LogP contribution in [0.4, 0.5) is 0 Å². The molecule has 66 valence electrons. The van der Waals surface area contributed by atoms with Gasteiger partial charge < -0.3 is 15.1 Å². The van der Waals surface area contributed by atoms with Crippen molar-refractivity contribution in [1.29, 1.82) is 0 Å². The molecule has 13 heavy (non-hydrogen) atoms. The molecule has 2 aromatic heterocycles. The van der Waals surface area contributed by atoms with Crippen LogP contribution in [0.2, 0.25) is 0 Å². The van der Waals surface area contributed by atoms with Crippen molar-refractivity contribution >= 4 is 5.97 Å². The molecule has 0 amide bonds. The fourth-order valence-corrected chi connectivity index (χ4v) is 1.17. The van der Waals surface area contributed by atoms with Gasteiger partial charge in [0, 0.05) is 12.4 Å². The lowest BCUT2D eigenvalue weighted by atomic mass is 10.3. The molecule has 3 N–H and O–H groups in total. The average molecular weight is 176 g/mol. The largest absolute Gasteiger partial charge is 0.478 e. The maximum absolute atomic E-state index is 10.6. The van der Waals surface area contributed by atoms with Gasteiger partial charge in [0.25, 0.3) is 0 Å². The van der Waals surface area contributed by atoms with Gasteiger partial charge in [-0.2, -0.15) is 0 Å². The first-order chi connectivity index (χ1) is 6.27. The third-order valence-corrected chi connectivity index (χ3v) is 1.82. The van der Waals surface area contributed by atoms with Gasteiger partial charge in [-0.05, 0) is 18.2 Å². The molecule has 0 aliphatic carbocycles. The number of carbonyl (C=O) groups is 1. The van der Waals surface area contributed by atoms with E-state index in [0.717, 1.165) is 11.4 Å². The number of rotatable bonds is 2. The van der Waals surface area contributed by atoms with Gasteiger partial charge in [0.2, 0.25) is 0 Å².